The van der Waals surface area contributed by atoms with E-state index in [1.807, 2.05) is 0 Å². The minimum atomic E-state index is -0.507. The van der Waals surface area contributed by atoms with E-state index in [-0.39, 0.29) is 17.5 Å². The number of likely N-dealkylation sites (tertiary alicyclic amines) is 1. The minimum absolute atomic E-state index is 0.148. The van der Waals surface area contributed by atoms with Crippen LogP contribution in [0.2, 0.25) is 0 Å². The normalized spacial score (nSPS) is 14.8. The molecule has 0 radical (unpaired) electrons. The van der Waals surface area contributed by atoms with Crippen molar-refractivity contribution in [3.05, 3.63) is 48.4 Å². The van der Waals surface area contributed by atoms with Gasteiger partial charge >= 0.3 is 0 Å². The first kappa shape index (κ1) is 12.5. The van der Waals surface area contributed by atoms with Crippen LogP contribution in [-0.4, -0.2) is 44.9 Å². The zero-order chi connectivity index (χ0) is 13.9. The van der Waals surface area contributed by atoms with Crippen molar-refractivity contribution in [1.29, 1.82) is 0 Å². The predicted octanol–water partition coefficient (Wildman–Crippen LogP) is 0.947. The van der Waals surface area contributed by atoms with Crippen LogP contribution in [0.3, 0.4) is 0 Å². The number of nitrogens with zero attached hydrogens (tertiary/aromatic N) is 4. The molecule has 1 fully saturated rings. The van der Waals surface area contributed by atoms with Crippen LogP contribution in [0.15, 0.2) is 37.1 Å². The Hall–Kier alpha value is -2.57. The molecular weight excluding hydrogens is 261 g/mol. The number of pyridine rings is 1. The fourth-order valence-electron chi connectivity index (χ4n) is 2.03. The largest absolute Gasteiger partial charge is 0.364 e. The third kappa shape index (κ3) is 2.56. The van der Waals surface area contributed by atoms with Gasteiger partial charge in [-0.05, 0) is 12.1 Å². The molecule has 6 nitrogen and oxygen atoms in total. The van der Waals surface area contributed by atoms with E-state index in [9.17, 15) is 9.18 Å². The van der Waals surface area contributed by atoms with Gasteiger partial charge in [0.1, 0.15) is 18.0 Å². The molecule has 2 aromatic rings. The number of amides is 1. The van der Waals surface area contributed by atoms with Crippen molar-refractivity contribution < 1.29 is 9.18 Å². The second kappa shape index (κ2) is 5.20. The smallest absolute Gasteiger partial charge is 0.255 e. The molecule has 0 aliphatic carbocycles. The number of hydrogen-bond donors (Lipinski definition) is 1. The first-order chi connectivity index (χ1) is 9.72. The first-order valence-corrected chi connectivity index (χ1v) is 6.15. The Bertz CT molecular complexity index is 615. The maximum atomic E-state index is 13.0. The molecule has 20 heavy (non-hydrogen) atoms. The molecule has 7 heteroatoms. The lowest BCUT2D eigenvalue weighted by molar-refractivity contribution is 0.0624. The van der Waals surface area contributed by atoms with Crippen LogP contribution in [0.4, 0.5) is 10.2 Å². The number of hydrogen-bond acceptors (Lipinski definition) is 5. The highest BCUT2D eigenvalue weighted by Gasteiger charge is 2.31. The molecule has 102 valence electrons. The Morgan fingerprint density at radius 2 is 2.20 bits per heavy atom. The Morgan fingerprint density at radius 3 is 2.90 bits per heavy atom. The fourth-order valence-corrected chi connectivity index (χ4v) is 2.03. The lowest BCUT2D eigenvalue weighted by atomic mass is 10.1. The predicted molar refractivity (Wildman–Crippen MR) is 69.5 cm³/mol. The van der Waals surface area contributed by atoms with Crippen LogP contribution < -0.4 is 5.32 Å². The molecule has 2 aromatic heterocycles. The molecule has 0 atom stereocenters. The monoisotopic (exact) mass is 273 g/mol. The zero-order valence-electron chi connectivity index (χ0n) is 10.5. The number of rotatable bonds is 3. The van der Waals surface area contributed by atoms with E-state index >= 15 is 0 Å². The van der Waals surface area contributed by atoms with E-state index < -0.39 is 5.82 Å². The van der Waals surface area contributed by atoms with Crippen molar-refractivity contribution in [2.24, 2.45) is 0 Å². The summed E-state index contributed by atoms with van der Waals surface area (Å²) in [6.45, 7) is 1.11. The lowest BCUT2D eigenvalue weighted by Gasteiger charge is -2.39. The van der Waals surface area contributed by atoms with Gasteiger partial charge in [-0.3, -0.25) is 9.78 Å². The quantitative estimate of drug-likeness (QED) is 0.901. The molecule has 0 unspecified atom stereocenters. The highest BCUT2D eigenvalue weighted by Crippen LogP contribution is 2.16. The molecule has 0 bridgehead atoms. The summed E-state index contributed by atoms with van der Waals surface area (Å²) in [6.07, 6.45) is 5.56. The molecule has 1 saturated heterocycles. The van der Waals surface area contributed by atoms with Gasteiger partial charge in [0, 0.05) is 25.5 Å². The molecule has 1 aliphatic heterocycles. The Balaban J connectivity index is 1.56. The highest BCUT2D eigenvalue weighted by molar-refractivity contribution is 5.94. The van der Waals surface area contributed by atoms with Gasteiger partial charge < -0.3 is 10.2 Å². The third-order valence-electron chi connectivity index (χ3n) is 3.05. The molecular formula is C13H12FN5O. The van der Waals surface area contributed by atoms with E-state index in [4.69, 9.17) is 0 Å². The van der Waals surface area contributed by atoms with Gasteiger partial charge in [0.2, 0.25) is 0 Å². The number of aromatic nitrogens is 3. The minimum Gasteiger partial charge on any atom is -0.364 e. The highest BCUT2D eigenvalue weighted by atomic mass is 19.1. The van der Waals surface area contributed by atoms with Crippen LogP contribution in [0, 0.1) is 5.82 Å². The van der Waals surface area contributed by atoms with Crippen molar-refractivity contribution in [1.82, 2.24) is 19.9 Å². The number of anilines is 1. The SMILES string of the molecule is O=C(c1cncc(F)c1)N1CC(Nc2ccncn2)C1. The molecule has 0 saturated carbocycles. The molecule has 3 heterocycles. The summed E-state index contributed by atoms with van der Waals surface area (Å²) in [5.41, 5.74) is 0.269. The summed E-state index contributed by atoms with van der Waals surface area (Å²) < 4.78 is 13.0. The van der Waals surface area contributed by atoms with Crippen molar-refractivity contribution >= 4 is 11.7 Å². The van der Waals surface area contributed by atoms with E-state index in [2.05, 4.69) is 20.3 Å². The van der Waals surface area contributed by atoms with Crippen molar-refractivity contribution in [3.63, 3.8) is 0 Å². The third-order valence-corrected chi connectivity index (χ3v) is 3.05. The van der Waals surface area contributed by atoms with E-state index in [0.29, 0.717) is 13.1 Å². The van der Waals surface area contributed by atoms with Gasteiger partial charge in [0.15, 0.2) is 0 Å². The van der Waals surface area contributed by atoms with Gasteiger partial charge in [0.25, 0.3) is 5.91 Å². The van der Waals surface area contributed by atoms with Gasteiger partial charge in [-0.25, -0.2) is 14.4 Å². The Kier molecular flexibility index (Phi) is 3.24. The Morgan fingerprint density at radius 1 is 1.35 bits per heavy atom. The maximum absolute atomic E-state index is 13.0. The van der Waals surface area contributed by atoms with Crippen molar-refractivity contribution in [2.75, 3.05) is 18.4 Å². The number of carbonyl (C=O) groups excluding carboxylic acids is 1. The molecule has 1 aliphatic rings. The van der Waals surface area contributed by atoms with Crippen molar-refractivity contribution in [3.8, 4) is 0 Å². The summed E-state index contributed by atoms with van der Waals surface area (Å²) in [5, 5.41) is 3.19. The average molecular weight is 273 g/mol. The van der Waals surface area contributed by atoms with Crippen LogP contribution in [0.1, 0.15) is 10.4 Å². The lowest BCUT2D eigenvalue weighted by Crippen LogP contribution is -2.57. The van der Waals surface area contributed by atoms with Crippen LogP contribution in [-0.2, 0) is 0 Å². The van der Waals surface area contributed by atoms with Gasteiger partial charge in [0.05, 0.1) is 17.8 Å². The summed E-state index contributed by atoms with van der Waals surface area (Å²) >= 11 is 0. The summed E-state index contributed by atoms with van der Waals surface area (Å²) in [6, 6.07) is 3.11. The van der Waals surface area contributed by atoms with E-state index in [0.717, 1.165) is 12.0 Å². The summed E-state index contributed by atoms with van der Waals surface area (Å²) in [5.74, 6) is 0.00860. The van der Waals surface area contributed by atoms with Crippen LogP contribution in [0.25, 0.3) is 0 Å². The second-order valence-corrected chi connectivity index (χ2v) is 4.54. The van der Waals surface area contributed by atoms with E-state index in [1.54, 1.807) is 17.2 Å². The Labute approximate surface area is 114 Å². The first-order valence-electron chi connectivity index (χ1n) is 6.15. The molecule has 3 rings (SSSR count). The molecule has 0 aromatic carbocycles. The van der Waals surface area contributed by atoms with Crippen LogP contribution in [0.5, 0.6) is 0 Å². The zero-order valence-corrected chi connectivity index (χ0v) is 10.5. The van der Waals surface area contributed by atoms with Crippen LogP contribution >= 0.6 is 0 Å². The maximum Gasteiger partial charge on any atom is 0.255 e. The van der Waals surface area contributed by atoms with Gasteiger partial charge in [-0.2, -0.15) is 0 Å². The van der Waals surface area contributed by atoms with Gasteiger partial charge in [-0.1, -0.05) is 0 Å². The van der Waals surface area contributed by atoms with Gasteiger partial charge in [-0.15, -0.1) is 0 Å². The second-order valence-electron chi connectivity index (χ2n) is 4.54. The molecule has 1 amide bonds. The average Bonchev–Trinajstić information content (AvgIpc) is 2.43. The topological polar surface area (TPSA) is 71.0 Å². The number of halogens is 1. The number of carbonyl (C=O) groups is 1. The van der Waals surface area contributed by atoms with Crippen molar-refractivity contribution in [2.45, 2.75) is 6.04 Å². The molecule has 0 spiro atoms. The standard InChI is InChI=1S/C13H12FN5O/c14-10-3-9(4-16-5-10)13(20)19-6-11(7-19)18-12-1-2-15-8-17-12/h1-5,8,11H,6-7H2,(H,15,17,18). The number of nitrogens with one attached hydrogen (secondary N) is 1. The molecule has 1 N–H and O–H groups in total. The van der Waals surface area contributed by atoms with E-state index in [1.165, 1.54) is 18.6 Å². The summed E-state index contributed by atoms with van der Waals surface area (Å²) in [7, 11) is 0. The summed E-state index contributed by atoms with van der Waals surface area (Å²) in [4.78, 5) is 25.2. The fraction of sp³-hybridized carbons (Fsp3) is 0.231.